The number of nitrogens with one attached hydrogen (secondary N) is 1. The fourth-order valence-electron chi connectivity index (χ4n) is 1.80. The molecule has 1 fully saturated rings. The van der Waals surface area contributed by atoms with Crippen LogP contribution < -0.4 is 10.1 Å². The minimum absolute atomic E-state index is 0.375. The summed E-state index contributed by atoms with van der Waals surface area (Å²) in [5.74, 6) is 0.869. The fourth-order valence-corrected chi connectivity index (χ4v) is 2.82. The van der Waals surface area contributed by atoms with Crippen LogP contribution in [0, 0.1) is 0 Å². The second kappa shape index (κ2) is 5.39. The van der Waals surface area contributed by atoms with Gasteiger partial charge in [-0.3, -0.25) is 0 Å². The van der Waals surface area contributed by atoms with E-state index in [1.165, 1.54) is 5.56 Å². The lowest BCUT2D eigenvalue weighted by Crippen LogP contribution is -2.41. The van der Waals surface area contributed by atoms with Crippen molar-refractivity contribution in [3.63, 3.8) is 0 Å². The van der Waals surface area contributed by atoms with Crippen molar-refractivity contribution in [3.05, 3.63) is 28.2 Å². The Hall–Kier alpha value is -0.250. The summed E-state index contributed by atoms with van der Waals surface area (Å²) in [4.78, 5) is 0. The summed E-state index contributed by atoms with van der Waals surface area (Å²) < 4.78 is 6.19. The van der Waals surface area contributed by atoms with Crippen molar-refractivity contribution in [2.45, 2.75) is 30.8 Å². The van der Waals surface area contributed by atoms with Gasteiger partial charge >= 0.3 is 0 Å². The molecule has 0 aliphatic heterocycles. The first kappa shape index (κ1) is 12.2. The summed E-state index contributed by atoms with van der Waals surface area (Å²) in [5, 5.41) is 3.86. The van der Waals surface area contributed by atoms with E-state index in [0.29, 0.717) is 11.4 Å². The molecule has 4 heteroatoms. The van der Waals surface area contributed by atoms with Crippen molar-refractivity contribution in [2.24, 2.45) is 0 Å². The standard InChI is InChI=1S/C12H15BrClNO/c1-16-12-3-2-8(4-11(12)13)7-15-10-5-9(14)6-10/h2-4,9-10,15H,5-7H2,1H3. The van der Waals surface area contributed by atoms with Gasteiger partial charge in [-0.15, -0.1) is 11.6 Å². The molecule has 0 saturated heterocycles. The normalized spacial score (nSPS) is 23.9. The van der Waals surface area contributed by atoms with Crippen LogP contribution in [0.4, 0.5) is 0 Å². The van der Waals surface area contributed by atoms with E-state index in [0.717, 1.165) is 29.6 Å². The number of alkyl halides is 1. The number of rotatable bonds is 4. The molecule has 1 aromatic carbocycles. The molecule has 0 atom stereocenters. The number of ether oxygens (including phenoxy) is 1. The predicted molar refractivity (Wildman–Crippen MR) is 70.2 cm³/mol. The van der Waals surface area contributed by atoms with Crippen LogP contribution in [0.3, 0.4) is 0 Å². The van der Waals surface area contributed by atoms with Crippen LogP contribution in [0.2, 0.25) is 0 Å². The molecule has 88 valence electrons. The SMILES string of the molecule is COc1ccc(CNC2CC(Cl)C2)cc1Br. The molecule has 1 aliphatic rings. The minimum atomic E-state index is 0.375. The van der Waals surface area contributed by atoms with Gasteiger partial charge in [0.2, 0.25) is 0 Å². The summed E-state index contributed by atoms with van der Waals surface area (Å²) in [5.41, 5.74) is 1.26. The zero-order valence-corrected chi connectivity index (χ0v) is 11.5. The lowest BCUT2D eigenvalue weighted by molar-refractivity contribution is 0.345. The van der Waals surface area contributed by atoms with Gasteiger partial charge in [-0.25, -0.2) is 0 Å². The zero-order valence-electron chi connectivity index (χ0n) is 9.17. The largest absolute Gasteiger partial charge is 0.496 e. The third-order valence-corrected chi connectivity index (χ3v) is 3.87. The second-order valence-electron chi connectivity index (χ2n) is 4.12. The Balaban J connectivity index is 1.87. The van der Waals surface area contributed by atoms with Crippen LogP contribution in [-0.4, -0.2) is 18.5 Å². The number of halogens is 2. The Morgan fingerprint density at radius 2 is 2.25 bits per heavy atom. The van der Waals surface area contributed by atoms with Crippen LogP contribution in [0.15, 0.2) is 22.7 Å². The van der Waals surface area contributed by atoms with Crippen LogP contribution in [0.5, 0.6) is 5.75 Å². The highest BCUT2D eigenvalue weighted by atomic mass is 79.9. The zero-order chi connectivity index (χ0) is 11.5. The highest BCUT2D eigenvalue weighted by Crippen LogP contribution is 2.27. The Morgan fingerprint density at radius 3 is 2.81 bits per heavy atom. The Labute approximate surface area is 109 Å². The quantitative estimate of drug-likeness (QED) is 0.862. The average Bonchev–Trinajstić information content (AvgIpc) is 2.23. The third kappa shape index (κ3) is 2.90. The lowest BCUT2D eigenvalue weighted by Gasteiger charge is -2.31. The molecule has 0 heterocycles. The smallest absolute Gasteiger partial charge is 0.133 e. The Bertz CT molecular complexity index is 366. The molecular formula is C12H15BrClNO. The summed E-state index contributed by atoms with van der Waals surface area (Å²) in [6, 6.07) is 6.73. The summed E-state index contributed by atoms with van der Waals surface area (Å²) in [6.07, 6.45) is 2.16. The first-order valence-corrected chi connectivity index (χ1v) is 6.62. The molecule has 0 radical (unpaired) electrons. The van der Waals surface area contributed by atoms with Crippen molar-refractivity contribution in [1.29, 1.82) is 0 Å². The monoisotopic (exact) mass is 303 g/mol. The van der Waals surface area contributed by atoms with Gasteiger partial charge in [0.15, 0.2) is 0 Å². The van der Waals surface area contributed by atoms with E-state index < -0.39 is 0 Å². The van der Waals surface area contributed by atoms with Crippen LogP contribution in [0.25, 0.3) is 0 Å². The van der Waals surface area contributed by atoms with Crippen LogP contribution >= 0.6 is 27.5 Å². The van der Waals surface area contributed by atoms with E-state index in [4.69, 9.17) is 16.3 Å². The molecule has 1 aliphatic carbocycles. The van der Waals surface area contributed by atoms with Gasteiger partial charge in [-0.05, 0) is 46.5 Å². The molecule has 0 unspecified atom stereocenters. The molecule has 1 aromatic rings. The van der Waals surface area contributed by atoms with Crippen molar-refractivity contribution in [3.8, 4) is 5.75 Å². The molecule has 0 amide bonds. The topological polar surface area (TPSA) is 21.3 Å². The molecule has 0 aromatic heterocycles. The van der Waals surface area contributed by atoms with Crippen LogP contribution in [0.1, 0.15) is 18.4 Å². The number of hydrogen-bond donors (Lipinski definition) is 1. The van der Waals surface area contributed by atoms with Gasteiger partial charge in [-0.1, -0.05) is 6.07 Å². The van der Waals surface area contributed by atoms with Gasteiger partial charge in [0.25, 0.3) is 0 Å². The predicted octanol–water partition coefficient (Wildman–Crippen LogP) is 3.32. The van der Waals surface area contributed by atoms with Gasteiger partial charge in [0.05, 0.1) is 11.6 Å². The van der Waals surface area contributed by atoms with Gasteiger partial charge < -0.3 is 10.1 Å². The van der Waals surface area contributed by atoms with Crippen LogP contribution in [-0.2, 0) is 6.54 Å². The Morgan fingerprint density at radius 1 is 1.50 bits per heavy atom. The van der Waals surface area contributed by atoms with E-state index in [1.54, 1.807) is 7.11 Å². The fraction of sp³-hybridized carbons (Fsp3) is 0.500. The first-order chi connectivity index (χ1) is 7.69. The van der Waals surface area contributed by atoms with Crippen molar-refractivity contribution in [2.75, 3.05) is 7.11 Å². The second-order valence-corrected chi connectivity index (χ2v) is 5.59. The van der Waals surface area contributed by atoms with E-state index in [-0.39, 0.29) is 0 Å². The molecule has 1 saturated carbocycles. The van der Waals surface area contributed by atoms with Gasteiger partial charge in [-0.2, -0.15) is 0 Å². The number of hydrogen-bond acceptors (Lipinski definition) is 2. The van der Waals surface area contributed by atoms with E-state index >= 15 is 0 Å². The first-order valence-electron chi connectivity index (χ1n) is 5.39. The molecule has 2 rings (SSSR count). The summed E-state index contributed by atoms with van der Waals surface area (Å²) in [6.45, 7) is 0.886. The molecule has 0 spiro atoms. The summed E-state index contributed by atoms with van der Waals surface area (Å²) in [7, 11) is 1.67. The molecular weight excluding hydrogens is 289 g/mol. The molecule has 0 bridgehead atoms. The summed E-state index contributed by atoms with van der Waals surface area (Å²) >= 11 is 9.41. The number of benzene rings is 1. The van der Waals surface area contributed by atoms with Crippen molar-refractivity contribution >= 4 is 27.5 Å². The molecule has 1 N–H and O–H groups in total. The minimum Gasteiger partial charge on any atom is -0.496 e. The van der Waals surface area contributed by atoms with E-state index in [2.05, 4.69) is 33.4 Å². The maximum absolute atomic E-state index is 5.93. The highest BCUT2D eigenvalue weighted by molar-refractivity contribution is 9.10. The molecule has 2 nitrogen and oxygen atoms in total. The maximum Gasteiger partial charge on any atom is 0.133 e. The average molecular weight is 305 g/mol. The highest BCUT2D eigenvalue weighted by Gasteiger charge is 2.26. The third-order valence-electron chi connectivity index (χ3n) is 2.89. The molecule has 16 heavy (non-hydrogen) atoms. The van der Waals surface area contributed by atoms with E-state index in [1.807, 2.05) is 6.07 Å². The van der Waals surface area contributed by atoms with Gasteiger partial charge in [0, 0.05) is 18.0 Å². The van der Waals surface area contributed by atoms with Crippen molar-refractivity contribution < 1.29 is 4.74 Å². The number of methoxy groups -OCH3 is 1. The Kier molecular flexibility index (Phi) is 4.11. The van der Waals surface area contributed by atoms with E-state index in [9.17, 15) is 0 Å². The maximum atomic E-state index is 5.93. The van der Waals surface area contributed by atoms with Crippen molar-refractivity contribution in [1.82, 2.24) is 5.32 Å². The van der Waals surface area contributed by atoms with Gasteiger partial charge in [0.1, 0.15) is 5.75 Å². The lowest BCUT2D eigenvalue weighted by atomic mass is 9.92.